The number of hydrogen-bond donors (Lipinski definition) is 2. The highest BCUT2D eigenvalue weighted by Crippen LogP contribution is 2.36. The fourth-order valence-corrected chi connectivity index (χ4v) is 5.36. The summed E-state index contributed by atoms with van der Waals surface area (Å²) < 4.78 is 19.9. The van der Waals surface area contributed by atoms with E-state index in [9.17, 15) is 14.0 Å². The molecule has 1 aliphatic heterocycles. The van der Waals surface area contributed by atoms with Crippen LogP contribution in [0.3, 0.4) is 0 Å². The van der Waals surface area contributed by atoms with Crippen molar-refractivity contribution in [3.63, 3.8) is 0 Å². The fraction of sp³-hybridized carbons (Fsp3) is 0.500. The summed E-state index contributed by atoms with van der Waals surface area (Å²) in [4.78, 5) is 36.1. The molecule has 0 saturated heterocycles. The third-order valence-corrected chi connectivity index (χ3v) is 7.59. The Bertz CT molecular complexity index is 1090. The number of benzene rings is 1. The van der Waals surface area contributed by atoms with Gasteiger partial charge in [-0.25, -0.2) is 9.37 Å². The minimum absolute atomic E-state index is 0.0537. The maximum absolute atomic E-state index is 14.4. The van der Waals surface area contributed by atoms with Gasteiger partial charge in [-0.05, 0) is 69.6 Å². The summed E-state index contributed by atoms with van der Waals surface area (Å²) in [5.74, 6) is -0.586. The predicted molar refractivity (Wildman–Crippen MR) is 136 cm³/mol. The molecule has 34 heavy (non-hydrogen) atoms. The highest BCUT2D eigenvalue weighted by molar-refractivity contribution is 14.1. The van der Waals surface area contributed by atoms with Crippen molar-refractivity contribution in [2.75, 3.05) is 10.2 Å². The number of nitrogens with one attached hydrogen (secondary N) is 1. The van der Waals surface area contributed by atoms with Gasteiger partial charge in [0.05, 0.1) is 11.7 Å². The van der Waals surface area contributed by atoms with E-state index in [0.717, 1.165) is 50.5 Å². The number of nitrogens with two attached hydrogens (primary N) is 1. The predicted octanol–water partition coefficient (Wildman–Crippen LogP) is 4.75. The number of aryl methyl sites for hydroxylation is 2. The summed E-state index contributed by atoms with van der Waals surface area (Å²) in [5.41, 5.74) is 7.08. The Morgan fingerprint density at radius 3 is 2.68 bits per heavy atom. The topological polar surface area (TPSA) is 110 Å². The molecule has 2 heterocycles. The highest BCUT2D eigenvalue weighted by atomic mass is 127. The van der Waals surface area contributed by atoms with Crippen molar-refractivity contribution in [1.82, 2.24) is 9.97 Å². The quantitative estimate of drug-likeness (QED) is 0.477. The first-order valence-corrected chi connectivity index (χ1v) is 12.5. The number of rotatable bonds is 6. The van der Waals surface area contributed by atoms with E-state index < -0.39 is 11.7 Å². The molecule has 2 aromatic rings. The van der Waals surface area contributed by atoms with Crippen LogP contribution < -0.4 is 16.0 Å². The minimum Gasteiger partial charge on any atom is -0.366 e. The van der Waals surface area contributed by atoms with Gasteiger partial charge in [0.2, 0.25) is 11.9 Å². The van der Waals surface area contributed by atoms with E-state index in [0.29, 0.717) is 17.1 Å². The third-order valence-electron chi connectivity index (χ3n) is 6.87. The number of carbonyl (C=O) groups excluding carboxylic acids is 2. The lowest BCUT2D eigenvalue weighted by molar-refractivity contribution is -0.123. The first kappa shape index (κ1) is 24.8. The van der Waals surface area contributed by atoms with E-state index in [-0.39, 0.29) is 35.5 Å². The van der Waals surface area contributed by atoms with E-state index in [1.165, 1.54) is 12.1 Å². The molecule has 1 aromatic carbocycles. The first-order chi connectivity index (χ1) is 16.3. The molecule has 1 atom stereocenters. The van der Waals surface area contributed by atoms with E-state index >= 15 is 0 Å². The molecule has 2 aliphatic rings. The fourth-order valence-electron chi connectivity index (χ4n) is 4.85. The Labute approximate surface area is 212 Å². The second-order valence-corrected chi connectivity index (χ2v) is 9.56. The van der Waals surface area contributed by atoms with E-state index in [1.54, 1.807) is 13.1 Å². The van der Waals surface area contributed by atoms with Crippen LogP contribution in [0.5, 0.6) is 0 Å². The van der Waals surface area contributed by atoms with Crippen LogP contribution in [0.2, 0.25) is 0 Å². The summed E-state index contributed by atoms with van der Waals surface area (Å²) in [7, 11) is 0. The zero-order valence-electron chi connectivity index (χ0n) is 19.3. The van der Waals surface area contributed by atoms with Gasteiger partial charge in [-0.15, -0.1) is 0 Å². The lowest BCUT2D eigenvalue weighted by Crippen LogP contribution is -2.46. The number of aromatic nitrogens is 2. The molecule has 1 saturated carbocycles. The number of nitrogens with zero attached hydrogens (tertiary/aromatic N) is 3. The maximum Gasteiger partial charge on any atom is 0.251 e. The van der Waals surface area contributed by atoms with Crippen LogP contribution in [-0.4, -0.2) is 33.9 Å². The largest absolute Gasteiger partial charge is 0.366 e. The molecule has 0 bridgehead atoms. The molecule has 182 valence electrons. The Kier molecular flexibility index (Phi) is 7.66. The first-order valence-electron chi connectivity index (χ1n) is 11.7. The lowest BCUT2D eigenvalue weighted by atomic mass is 9.91. The van der Waals surface area contributed by atoms with Crippen LogP contribution in [0.1, 0.15) is 66.9 Å². The third kappa shape index (κ3) is 5.02. The molecule has 0 radical (unpaired) electrons. The number of anilines is 3. The van der Waals surface area contributed by atoms with Gasteiger partial charge in [-0.2, -0.15) is 4.98 Å². The van der Waals surface area contributed by atoms with E-state index in [1.807, 2.05) is 34.8 Å². The molecule has 1 unspecified atom stereocenters. The second-order valence-electron chi connectivity index (χ2n) is 9.05. The van der Waals surface area contributed by atoms with Gasteiger partial charge in [-0.3, -0.25) is 14.5 Å². The summed E-state index contributed by atoms with van der Waals surface area (Å²) in [6.45, 7) is 3.79. The number of amides is 2. The average molecular weight is 581 g/mol. The summed E-state index contributed by atoms with van der Waals surface area (Å²) in [6, 6.07) is 2.67. The van der Waals surface area contributed by atoms with Gasteiger partial charge < -0.3 is 14.1 Å². The van der Waals surface area contributed by atoms with Gasteiger partial charge in [0.1, 0.15) is 34.6 Å². The van der Waals surface area contributed by atoms with Crippen molar-refractivity contribution in [3.05, 3.63) is 40.8 Å². The van der Waals surface area contributed by atoms with Crippen molar-refractivity contribution < 1.29 is 17.0 Å². The number of fused-ring (bicyclic) bond motifs is 1. The van der Waals surface area contributed by atoms with Crippen LogP contribution in [0, 0.1) is 18.7 Å². The van der Waals surface area contributed by atoms with E-state index in [4.69, 9.17) is 13.8 Å². The molecular weight excluding hydrogens is 552 g/mol. The monoisotopic (exact) mass is 581 g/mol. The van der Waals surface area contributed by atoms with Crippen molar-refractivity contribution in [1.29, 1.82) is 0 Å². The number of hydrogen-bond acceptors (Lipinski definition) is 6. The molecule has 1 aromatic heterocycles. The van der Waals surface area contributed by atoms with Gasteiger partial charge in [0.25, 0.3) is 5.91 Å². The van der Waals surface area contributed by atoms with Crippen molar-refractivity contribution >= 4 is 52.3 Å². The average Bonchev–Trinajstić information content (AvgIpc) is 2.96. The van der Waals surface area contributed by atoms with Crippen molar-refractivity contribution in [3.8, 4) is 0 Å². The number of carbonyl (C=O) groups is 2. The van der Waals surface area contributed by atoms with Crippen LogP contribution in [0.25, 0.3) is 0 Å². The molecule has 1 fully saturated rings. The minimum atomic E-state index is -0.823. The zero-order valence-corrected chi connectivity index (χ0v) is 21.5. The van der Waals surface area contributed by atoms with Crippen LogP contribution >= 0.6 is 23.0 Å². The Morgan fingerprint density at radius 2 is 2.03 bits per heavy atom. The molecular formula is C24H29FIN5O3. The van der Waals surface area contributed by atoms with Crippen molar-refractivity contribution in [2.45, 2.75) is 70.9 Å². The van der Waals surface area contributed by atoms with E-state index in [2.05, 4.69) is 10.3 Å². The Balaban J connectivity index is 1.68. The molecule has 8 nitrogen and oxygen atoms in total. The summed E-state index contributed by atoms with van der Waals surface area (Å²) in [5, 5.41) is 3.06. The Hall–Kier alpha value is -2.34. The zero-order chi connectivity index (χ0) is 24.4. The van der Waals surface area contributed by atoms with Crippen LogP contribution in [0.15, 0.2) is 18.3 Å². The standard InChI is InChI=1S/C24H29FIN5O3/c1-3-14-4-5-15-12-28-24(29-20-11-19(25)18(21(27)32)10-13(20)2)30-22(15)31(23(14)33)16-6-8-17(34-26)9-7-16/h10-12,14,16-17H,3-9H2,1-2H3,(H2,27,32)(H,28,29,30). The number of halogens is 2. The molecule has 10 heteroatoms. The smallest absolute Gasteiger partial charge is 0.251 e. The second kappa shape index (κ2) is 10.5. The van der Waals surface area contributed by atoms with Crippen LogP contribution in [-0.2, 0) is 14.3 Å². The van der Waals surface area contributed by atoms with Gasteiger partial charge in [0, 0.05) is 29.4 Å². The number of primary amides is 1. The summed E-state index contributed by atoms with van der Waals surface area (Å²) >= 11 is 1.95. The normalized spacial score (nSPS) is 22.8. The van der Waals surface area contributed by atoms with Gasteiger partial charge >= 0.3 is 0 Å². The Morgan fingerprint density at radius 1 is 1.29 bits per heavy atom. The van der Waals surface area contributed by atoms with Crippen molar-refractivity contribution in [2.24, 2.45) is 11.7 Å². The highest BCUT2D eigenvalue weighted by Gasteiger charge is 2.37. The molecule has 1 aliphatic carbocycles. The molecule has 3 N–H and O–H groups in total. The van der Waals surface area contributed by atoms with Gasteiger partial charge in [0.15, 0.2) is 0 Å². The summed E-state index contributed by atoms with van der Waals surface area (Å²) in [6.07, 6.45) is 7.72. The molecule has 2 amide bonds. The molecule has 4 rings (SSSR count). The molecule has 0 spiro atoms. The van der Waals surface area contributed by atoms with Gasteiger partial charge in [-0.1, -0.05) is 6.92 Å². The lowest BCUT2D eigenvalue weighted by Gasteiger charge is -2.36. The van der Waals surface area contributed by atoms with Crippen LogP contribution in [0.4, 0.5) is 21.8 Å². The SMILES string of the molecule is CCC1CCc2cnc(Nc3cc(F)c(C(N)=O)cc3C)nc2N(C2CCC(OI)CC2)C1=O. The maximum atomic E-state index is 14.4.